The maximum atomic E-state index is 12.6. The minimum absolute atomic E-state index is 0.0829. The lowest BCUT2D eigenvalue weighted by molar-refractivity contribution is -0.137. The van der Waals surface area contributed by atoms with E-state index in [4.69, 9.17) is 4.74 Å². The topological polar surface area (TPSA) is 114 Å². The van der Waals surface area contributed by atoms with Crippen LogP contribution in [0.2, 0.25) is 0 Å². The second kappa shape index (κ2) is 7.72. The zero-order valence-electron chi connectivity index (χ0n) is 14.5. The Morgan fingerprint density at radius 2 is 1.72 bits per heavy atom. The third-order valence-corrected chi connectivity index (χ3v) is 5.29. The lowest BCUT2D eigenvalue weighted by atomic mass is 10.2. The first-order valence-corrected chi connectivity index (χ1v) is 9.59. The van der Waals surface area contributed by atoms with Gasteiger partial charge in [0.1, 0.15) is 17.5 Å². The van der Waals surface area contributed by atoms with E-state index in [0.717, 1.165) is 24.3 Å². The number of amides is 3. The number of nitrogens with one attached hydrogen (secondary N) is 3. The van der Waals surface area contributed by atoms with E-state index in [9.17, 15) is 31.2 Å². The maximum Gasteiger partial charge on any atom is 0.416 e. The number of alkyl halides is 3. The van der Waals surface area contributed by atoms with Gasteiger partial charge >= 0.3 is 12.2 Å². The monoisotopic (exact) mass is 429 g/mol. The molecule has 2 aromatic rings. The van der Waals surface area contributed by atoms with Gasteiger partial charge in [-0.25, -0.2) is 17.9 Å². The first-order valence-electron chi connectivity index (χ1n) is 8.11. The van der Waals surface area contributed by atoms with Crippen molar-refractivity contribution in [1.82, 2.24) is 15.4 Å². The van der Waals surface area contributed by atoms with Crippen LogP contribution in [0.3, 0.4) is 0 Å². The summed E-state index contributed by atoms with van der Waals surface area (Å²) in [6.07, 6.45) is -4.48. The minimum atomic E-state index is -4.48. The Hall–Kier alpha value is -3.12. The molecule has 1 unspecified atom stereocenters. The predicted octanol–water partition coefficient (Wildman–Crippen LogP) is 1.98. The number of hydrogen-bond acceptors (Lipinski definition) is 5. The van der Waals surface area contributed by atoms with E-state index >= 15 is 0 Å². The Bertz CT molecular complexity index is 1040. The number of hydrogen-bond donors (Lipinski definition) is 3. The van der Waals surface area contributed by atoms with Crippen molar-refractivity contribution >= 4 is 22.0 Å². The Labute approximate surface area is 163 Å². The van der Waals surface area contributed by atoms with E-state index in [1.807, 2.05) is 5.32 Å². The maximum absolute atomic E-state index is 12.6. The van der Waals surface area contributed by atoms with Crippen LogP contribution in [0.5, 0.6) is 11.5 Å². The van der Waals surface area contributed by atoms with Gasteiger partial charge < -0.3 is 10.1 Å². The highest BCUT2D eigenvalue weighted by Crippen LogP contribution is 2.31. The fourth-order valence-electron chi connectivity index (χ4n) is 2.43. The summed E-state index contributed by atoms with van der Waals surface area (Å²) in [5.74, 6) is -0.484. The molecule has 1 aliphatic rings. The Morgan fingerprint density at radius 1 is 1.03 bits per heavy atom. The molecule has 0 saturated carbocycles. The molecule has 0 radical (unpaired) electrons. The number of benzene rings is 2. The fourth-order valence-corrected chi connectivity index (χ4v) is 3.51. The van der Waals surface area contributed by atoms with Crippen molar-refractivity contribution < 1.29 is 35.9 Å². The van der Waals surface area contributed by atoms with Crippen molar-refractivity contribution in [3.63, 3.8) is 0 Å². The number of rotatable bonds is 6. The summed E-state index contributed by atoms with van der Waals surface area (Å²) >= 11 is 0. The van der Waals surface area contributed by atoms with Gasteiger partial charge in [-0.05, 0) is 36.4 Å². The molecule has 0 spiro atoms. The molecular weight excluding hydrogens is 415 g/mol. The predicted molar refractivity (Wildman–Crippen MR) is 93.6 cm³/mol. The number of carbonyl (C=O) groups excluding carboxylic acids is 2. The van der Waals surface area contributed by atoms with Crippen molar-refractivity contribution in [1.29, 1.82) is 0 Å². The van der Waals surface area contributed by atoms with Crippen LogP contribution in [0.1, 0.15) is 5.56 Å². The molecule has 8 nitrogen and oxygen atoms in total. The second-order valence-corrected chi connectivity index (χ2v) is 7.73. The van der Waals surface area contributed by atoms with E-state index in [-0.39, 0.29) is 22.9 Å². The first-order chi connectivity index (χ1) is 13.5. The van der Waals surface area contributed by atoms with Crippen molar-refractivity contribution in [3.8, 4) is 11.5 Å². The highest BCUT2D eigenvalue weighted by molar-refractivity contribution is 7.89. The highest BCUT2D eigenvalue weighted by Gasteiger charge is 2.31. The van der Waals surface area contributed by atoms with Crippen molar-refractivity contribution in [2.45, 2.75) is 17.1 Å². The molecule has 1 aliphatic heterocycles. The Kier molecular flexibility index (Phi) is 5.48. The lowest BCUT2D eigenvalue weighted by Gasteiger charge is -2.12. The number of carbonyl (C=O) groups is 2. The van der Waals surface area contributed by atoms with Crippen LogP contribution >= 0.6 is 0 Å². The smallest absolute Gasteiger partial charge is 0.416 e. The van der Waals surface area contributed by atoms with E-state index in [1.54, 1.807) is 0 Å². The van der Waals surface area contributed by atoms with Gasteiger partial charge in [0, 0.05) is 12.6 Å². The number of ether oxygens (including phenoxy) is 1. The largest absolute Gasteiger partial charge is 0.457 e. The van der Waals surface area contributed by atoms with Crippen LogP contribution in [0.25, 0.3) is 0 Å². The van der Waals surface area contributed by atoms with Crippen molar-refractivity contribution in [2.24, 2.45) is 0 Å². The molecule has 1 heterocycles. The van der Waals surface area contributed by atoms with Crippen LogP contribution in [0.15, 0.2) is 53.4 Å². The van der Waals surface area contributed by atoms with E-state index in [1.165, 1.54) is 24.3 Å². The summed E-state index contributed by atoms with van der Waals surface area (Å²) in [4.78, 5) is 22.3. The Balaban J connectivity index is 1.69. The fraction of sp³-hybridized carbons (Fsp3) is 0.176. The molecule has 29 heavy (non-hydrogen) atoms. The second-order valence-electron chi connectivity index (χ2n) is 5.97. The molecule has 12 heteroatoms. The molecular formula is C17H14F3N3O5S. The van der Waals surface area contributed by atoms with Gasteiger partial charge in [-0.1, -0.05) is 6.07 Å². The van der Waals surface area contributed by atoms with Gasteiger partial charge in [0.15, 0.2) is 0 Å². The van der Waals surface area contributed by atoms with Gasteiger partial charge in [-0.2, -0.15) is 13.2 Å². The van der Waals surface area contributed by atoms with Gasteiger partial charge in [-0.15, -0.1) is 0 Å². The molecule has 3 N–H and O–H groups in total. The molecule has 1 atom stereocenters. The molecule has 2 aromatic carbocycles. The van der Waals surface area contributed by atoms with E-state index in [2.05, 4.69) is 10.0 Å². The summed E-state index contributed by atoms with van der Waals surface area (Å²) in [6, 6.07) is 7.43. The van der Waals surface area contributed by atoms with E-state index in [0.29, 0.717) is 0 Å². The molecule has 3 rings (SSSR count). The number of imide groups is 1. The SMILES string of the molecule is O=C1NC(=O)C(CNS(=O)(=O)c2cccc(Oc3ccc(C(F)(F)F)cc3)c2)N1. The van der Waals surface area contributed by atoms with E-state index < -0.39 is 39.7 Å². The van der Waals surface area contributed by atoms with Crippen LogP contribution in [-0.2, 0) is 21.0 Å². The molecule has 0 aromatic heterocycles. The summed E-state index contributed by atoms with van der Waals surface area (Å²) < 4.78 is 70.2. The van der Waals surface area contributed by atoms with Crippen LogP contribution in [0.4, 0.5) is 18.0 Å². The lowest BCUT2D eigenvalue weighted by Crippen LogP contribution is -2.41. The first kappa shape index (κ1) is 20.6. The molecule has 1 saturated heterocycles. The number of sulfonamides is 1. The van der Waals surface area contributed by atoms with Crippen molar-refractivity contribution in [3.05, 3.63) is 54.1 Å². The normalized spacial score (nSPS) is 17.0. The Morgan fingerprint density at radius 3 is 2.31 bits per heavy atom. The molecule has 154 valence electrons. The van der Waals surface area contributed by atoms with Crippen molar-refractivity contribution in [2.75, 3.05) is 6.54 Å². The standard InChI is InChI=1S/C17H14F3N3O5S/c18-17(19,20)10-4-6-11(7-5-10)28-12-2-1-3-13(8-12)29(26,27)21-9-14-15(24)23-16(25)22-14/h1-8,14,21H,9H2,(H2,22,23,24,25). The minimum Gasteiger partial charge on any atom is -0.457 e. The number of halogens is 3. The third-order valence-electron chi connectivity index (χ3n) is 3.87. The average Bonchev–Trinajstić information content (AvgIpc) is 2.97. The number of urea groups is 1. The zero-order chi connectivity index (χ0) is 21.2. The van der Waals surface area contributed by atoms with Gasteiger partial charge in [0.05, 0.1) is 10.5 Å². The third kappa shape index (κ3) is 5.03. The molecule has 0 aliphatic carbocycles. The summed E-state index contributed by atoms with van der Waals surface area (Å²) in [7, 11) is -4.04. The molecule has 0 bridgehead atoms. The zero-order valence-corrected chi connectivity index (χ0v) is 15.3. The summed E-state index contributed by atoms with van der Waals surface area (Å²) in [6.45, 7) is -0.357. The van der Waals surface area contributed by atoms with Gasteiger partial charge in [0.2, 0.25) is 10.0 Å². The van der Waals surface area contributed by atoms with Crippen LogP contribution < -0.4 is 20.1 Å². The van der Waals surface area contributed by atoms with Crippen LogP contribution in [-0.4, -0.2) is 32.9 Å². The van der Waals surface area contributed by atoms with Crippen LogP contribution in [0, 0.1) is 0 Å². The quantitative estimate of drug-likeness (QED) is 0.608. The molecule has 3 amide bonds. The average molecular weight is 429 g/mol. The summed E-state index contributed by atoms with van der Waals surface area (Å²) in [5.41, 5.74) is -0.839. The molecule has 1 fully saturated rings. The summed E-state index contributed by atoms with van der Waals surface area (Å²) in [5, 5.41) is 4.23. The van der Waals surface area contributed by atoms with Gasteiger partial charge in [-0.3, -0.25) is 10.1 Å². The highest BCUT2D eigenvalue weighted by atomic mass is 32.2. The van der Waals surface area contributed by atoms with Gasteiger partial charge in [0.25, 0.3) is 5.91 Å².